The van der Waals surface area contributed by atoms with Crippen molar-refractivity contribution in [3.05, 3.63) is 35.9 Å². The SMILES string of the molecule is C[C@@H]1C(=O)N(C[C@@]23CC[C@@H](C[C@H]2O)C3(C)C)C(=O)O[C@H]1c1ccccc1. The normalized spacial score (nSPS) is 38.5. The summed E-state index contributed by atoms with van der Waals surface area (Å²) in [7, 11) is 0. The summed E-state index contributed by atoms with van der Waals surface area (Å²) in [6.45, 7) is 6.39. The van der Waals surface area contributed by atoms with Gasteiger partial charge in [0, 0.05) is 12.0 Å². The number of ether oxygens (including phenoxy) is 1. The molecule has 2 saturated carbocycles. The van der Waals surface area contributed by atoms with Crippen LogP contribution < -0.4 is 0 Å². The molecule has 1 N–H and O–H groups in total. The molecule has 1 saturated heterocycles. The van der Waals surface area contributed by atoms with Gasteiger partial charge >= 0.3 is 6.09 Å². The number of benzene rings is 1. The fourth-order valence-corrected chi connectivity index (χ4v) is 5.58. The summed E-state index contributed by atoms with van der Waals surface area (Å²) in [6.07, 6.45) is 1.03. The lowest BCUT2D eigenvalue weighted by molar-refractivity contribution is -0.148. The van der Waals surface area contributed by atoms with Crippen molar-refractivity contribution < 1.29 is 19.4 Å². The summed E-state index contributed by atoms with van der Waals surface area (Å²) in [6, 6.07) is 9.40. The van der Waals surface area contributed by atoms with E-state index in [1.165, 1.54) is 4.90 Å². The minimum absolute atomic E-state index is 0.0908. The van der Waals surface area contributed by atoms with Crippen LogP contribution in [0.5, 0.6) is 0 Å². The number of hydrogen-bond acceptors (Lipinski definition) is 4. The average Bonchev–Trinajstić information content (AvgIpc) is 2.97. The van der Waals surface area contributed by atoms with Crippen molar-refractivity contribution in [2.24, 2.45) is 22.7 Å². The molecule has 0 aromatic heterocycles. The van der Waals surface area contributed by atoms with Gasteiger partial charge < -0.3 is 9.84 Å². The Hall–Kier alpha value is -1.88. The molecule has 0 unspecified atom stereocenters. The van der Waals surface area contributed by atoms with Crippen LogP contribution in [-0.2, 0) is 9.53 Å². The van der Waals surface area contributed by atoms with Crippen molar-refractivity contribution in [1.29, 1.82) is 0 Å². The number of carbonyl (C=O) groups excluding carboxylic acids is 2. The van der Waals surface area contributed by atoms with Gasteiger partial charge in [-0.2, -0.15) is 0 Å². The summed E-state index contributed by atoms with van der Waals surface area (Å²) in [5, 5.41) is 10.7. The Labute approximate surface area is 154 Å². The number of nitrogens with zero attached hydrogens (tertiary/aromatic N) is 1. The Morgan fingerprint density at radius 3 is 2.50 bits per heavy atom. The molecule has 5 nitrogen and oxygen atoms in total. The third-order valence-corrected chi connectivity index (χ3v) is 7.51. The van der Waals surface area contributed by atoms with Crippen molar-refractivity contribution >= 4 is 12.0 Å². The summed E-state index contributed by atoms with van der Waals surface area (Å²) in [5.41, 5.74) is 0.319. The lowest BCUT2D eigenvalue weighted by atomic mass is 9.68. The van der Waals surface area contributed by atoms with E-state index in [1.54, 1.807) is 0 Å². The number of imide groups is 1. The molecule has 140 valence electrons. The Kier molecular flexibility index (Phi) is 3.92. The van der Waals surface area contributed by atoms with Gasteiger partial charge in [0.15, 0.2) is 0 Å². The molecular formula is C21H27NO4. The predicted octanol–water partition coefficient (Wildman–Crippen LogP) is 3.53. The molecule has 3 aliphatic rings. The van der Waals surface area contributed by atoms with Crippen LogP contribution in [-0.4, -0.2) is 34.7 Å². The maximum absolute atomic E-state index is 13.0. The van der Waals surface area contributed by atoms with E-state index in [0.29, 0.717) is 5.92 Å². The highest BCUT2D eigenvalue weighted by Gasteiger charge is 2.65. The highest BCUT2D eigenvalue weighted by atomic mass is 16.6. The van der Waals surface area contributed by atoms with Crippen molar-refractivity contribution in [2.45, 2.75) is 52.2 Å². The molecule has 2 aliphatic carbocycles. The second-order valence-electron chi connectivity index (χ2n) is 8.79. The standard InChI is InChI=1S/C21H27NO4/c1-13-17(14-7-5-4-6-8-14)26-19(25)22(18(13)24)12-21-10-9-15(11-16(21)23)20(21,2)3/h4-8,13,15-17,23H,9-12H2,1-3H3/t13-,15-,16+,17+,21-/m0/s1. The van der Waals surface area contributed by atoms with E-state index in [1.807, 2.05) is 37.3 Å². The quantitative estimate of drug-likeness (QED) is 0.899. The zero-order valence-electron chi connectivity index (χ0n) is 15.6. The third kappa shape index (κ3) is 2.26. The van der Waals surface area contributed by atoms with E-state index in [-0.39, 0.29) is 17.9 Å². The van der Waals surface area contributed by atoms with E-state index < -0.39 is 29.6 Å². The fourth-order valence-electron chi connectivity index (χ4n) is 5.58. The number of fused-ring (bicyclic) bond motifs is 2. The second-order valence-corrected chi connectivity index (χ2v) is 8.79. The zero-order valence-corrected chi connectivity index (χ0v) is 15.6. The Balaban J connectivity index is 1.59. The largest absolute Gasteiger partial charge is 0.440 e. The van der Waals surface area contributed by atoms with Crippen molar-refractivity contribution in [2.75, 3.05) is 6.54 Å². The molecule has 5 heteroatoms. The highest BCUT2D eigenvalue weighted by molar-refractivity contribution is 5.95. The van der Waals surface area contributed by atoms with Gasteiger partial charge in [-0.25, -0.2) is 9.69 Å². The molecule has 2 amide bonds. The van der Waals surface area contributed by atoms with Crippen LogP contribution in [0.25, 0.3) is 0 Å². The molecule has 0 spiro atoms. The lowest BCUT2D eigenvalue weighted by Crippen LogP contribution is -2.56. The van der Waals surface area contributed by atoms with Crippen LogP contribution in [0, 0.1) is 22.7 Å². The van der Waals surface area contributed by atoms with Crippen LogP contribution in [0.4, 0.5) is 4.79 Å². The lowest BCUT2D eigenvalue weighted by Gasteiger charge is -2.45. The van der Waals surface area contributed by atoms with E-state index in [0.717, 1.165) is 24.8 Å². The Morgan fingerprint density at radius 2 is 1.92 bits per heavy atom. The number of aliphatic hydroxyl groups is 1. The number of rotatable bonds is 3. The minimum Gasteiger partial charge on any atom is -0.440 e. The summed E-state index contributed by atoms with van der Waals surface area (Å²) >= 11 is 0. The molecule has 5 atom stereocenters. The van der Waals surface area contributed by atoms with Gasteiger partial charge in [-0.15, -0.1) is 0 Å². The first-order valence-electron chi connectivity index (χ1n) is 9.53. The second kappa shape index (κ2) is 5.81. The first-order chi connectivity index (χ1) is 12.3. The maximum atomic E-state index is 13.0. The van der Waals surface area contributed by atoms with Gasteiger partial charge in [0.2, 0.25) is 5.91 Å². The van der Waals surface area contributed by atoms with Gasteiger partial charge in [-0.1, -0.05) is 44.2 Å². The van der Waals surface area contributed by atoms with Crippen molar-refractivity contribution in [1.82, 2.24) is 4.90 Å². The summed E-state index contributed by atoms with van der Waals surface area (Å²) in [4.78, 5) is 27.0. The maximum Gasteiger partial charge on any atom is 0.417 e. The highest BCUT2D eigenvalue weighted by Crippen LogP contribution is 2.66. The van der Waals surface area contributed by atoms with Crippen molar-refractivity contribution in [3.8, 4) is 0 Å². The topological polar surface area (TPSA) is 66.8 Å². The van der Waals surface area contributed by atoms with E-state index >= 15 is 0 Å². The van der Waals surface area contributed by atoms with Crippen molar-refractivity contribution in [3.63, 3.8) is 0 Å². The summed E-state index contributed by atoms with van der Waals surface area (Å²) in [5.74, 6) is -0.198. The Morgan fingerprint density at radius 1 is 1.23 bits per heavy atom. The van der Waals surface area contributed by atoms with Crippen LogP contribution in [0.1, 0.15) is 51.7 Å². The van der Waals surface area contributed by atoms with E-state index in [9.17, 15) is 14.7 Å². The molecule has 1 aromatic rings. The van der Waals surface area contributed by atoms with Crippen LogP contribution >= 0.6 is 0 Å². The average molecular weight is 357 g/mol. The molecule has 1 aliphatic heterocycles. The van der Waals surface area contributed by atoms with Gasteiger partial charge in [0.25, 0.3) is 0 Å². The van der Waals surface area contributed by atoms with E-state index in [4.69, 9.17) is 4.74 Å². The van der Waals surface area contributed by atoms with Crippen LogP contribution in [0.15, 0.2) is 30.3 Å². The van der Waals surface area contributed by atoms with Gasteiger partial charge in [0.05, 0.1) is 12.0 Å². The molecule has 26 heavy (non-hydrogen) atoms. The molecule has 0 radical (unpaired) electrons. The van der Waals surface area contributed by atoms with Gasteiger partial charge in [0.1, 0.15) is 6.10 Å². The van der Waals surface area contributed by atoms with Gasteiger partial charge in [-0.3, -0.25) is 4.79 Å². The first kappa shape index (κ1) is 17.5. The molecule has 4 rings (SSSR count). The monoisotopic (exact) mass is 357 g/mol. The predicted molar refractivity (Wildman–Crippen MR) is 96.1 cm³/mol. The third-order valence-electron chi connectivity index (χ3n) is 7.51. The van der Waals surface area contributed by atoms with E-state index in [2.05, 4.69) is 13.8 Å². The first-order valence-corrected chi connectivity index (χ1v) is 9.53. The number of carbonyl (C=O) groups is 2. The zero-order chi connectivity index (χ0) is 18.7. The molecule has 1 heterocycles. The molecule has 1 aromatic carbocycles. The van der Waals surface area contributed by atoms with Gasteiger partial charge in [-0.05, 0) is 43.1 Å². The number of aliphatic hydroxyl groups excluding tert-OH is 1. The number of hydrogen-bond donors (Lipinski definition) is 1. The minimum atomic E-state index is -0.588. The Bertz CT molecular complexity index is 731. The van der Waals surface area contributed by atoms with Crippen LogP contribution in [0.3, 0.4) is 0 Å². The number of amides is 2. The van der Waals surface area contributed by atoms with Crippen LogP contribution in [0.2, 0.25) is 0 Å². The smallest absolute Gasteiger partial charge is 0.417 e. The molecule has 3 fully saturated rings. The number of cyclic esters (lactones) is 1. The molecule has 2 bridgehead atoms. The molecular weight excluding hydrogens is 330 g/mol. The summed E-state index contributed by atoms with van der Waals surface area (Å²) < 4.78 is 5.67. The fraction of sp³-hybridized carbons (Fsp3) is 0.619.